The molecule has 0 radical (unpaired) electrons. The standard InChI is InChI=1S/C33H46N2O3/c1-5-7-8-9-15-26(4)38-33(21-19-28(20-22-33)32(36)37)30-18-13-12-17-29(30)31-34-23-27(24-35-31)16-11-10-14-25(3)6-2/h12-13,17-26,28H,5-11,14-16H2,1-4H3,(H,36,37)/t25-,26+,28?,33?/m0/s1. The molecular weight excluding hydrogens is 472 g/mol. The van der Waals surface area contributed by atoms with E-state index in [0.717, 1.165) is 48.3 Å². The third kappa shape index (κ3) is 8.36. The van der Waals surface area contributed by atoms with E-state index in [1.807, 2.05) is 48.8 Å². The predicted octanol–water partition coefficient (Wildman–Crippen LogP) is 8.30. The monoisotopic (exact) mass is 518 g/mol. The maximum Gasteiger partial charge on any atom is 0.314 e. The van der Waals surface area contributed by atoms with Crippen molar-refractivity contribution in [1.82, 2.24) is 9.97 Å². The summed E-state index contributed by atoms with van der Waals surface area (Å²) < 4.78 is 6.73. The number of hydrogen-bond donors (Lipinski definition) is 1. The summed E-state index contributed by atoms with van der Waals surface area (Å²) in [5.74, 6) is -0.0817. The predicted molar refractivity (Wildman–Crippen MR) is 155 cm³/mol. The highest BCUT2D eigenvalue weighted by molar-refractivity contribution is 5.75. The van der Waals surface area contributed by atoms with E-state index in [9.17, 15) is 9.90 Å². The number of unbranched alkanes of at least 4 members (excludes halogenated alkanes) is 4. The fraction of sp³-hybridized carbons (Fsp3) is 0.545. The van der Waals surface area contributed by atoms with Crippen molar-refractivity contribution in [3.05, 3.63) is 72.1 Å². The molecule has 0 fully saturated rings. The Balaban J connectivity index is 1.83. The highest BCUT2D eigenvalue weighted by atomic mass is 16.5. The minimum Gasteiger partial charge on any atom is -0.481 e. The minimum absolute atomic E-state index is 0.00862. The number of aryl methyl sites for hydroxylation is 1. The molecule has 0 amide bonds. The van der Waals surface area contributed by atoms with Crippen LogP contribution in [0.25, 0.3) is 11.4 Å². The van der Waals surface area contributed by atoms with Gasteiger partial charge < -0.3 is 9.84 Å². The molecule has 1 N–H and O–H groups in total. The molecule has 2 aromatic rings. The maximum absolute atomic E-state index is 11.6. The molecule has 206 valence electrons. The maximum atomic E-state index is 11.6. The molecule has 38 heavy (non-hydrogen) atoms. The molecule has 0 saturated heterocycles. The van der Waals surface area contributed by atoms with Crippen LogP contribution in [0.15, 0.2) is 61.0 Å². The Kier molecular flexibility index (Phi) is 11.7. The zero-order valence-electron chi connectivity index (χ0n) is 23.7. The molecule has 1 aromatic carbocycles. The number of carbonyl (C=O) groups is 1. The normalized spacial score (nSPS) is 20.4. The van der Waals surface area contributed by atoms with Gasteiger partial charge in [-0.2, -0.15) is 0 Å². The number of benzene rings is 1. The van der Waals surface area contributed by atoms with E-state index in [0.29, 0.717) is 5.82 Å². The molecule has 1 aromatic heterocycles. The first-order valence-corrected chi connectivity index (χ1v) is 14.6. The Morgan fingerprint density at radius 3 is 2.32 bits per heavy atom. The van der Waals surface area contributed by atoms with Crippen LogP contribution in [0.2, 0.25) is 0 Å². The van der Waals surface area contributed by atoms with E-state index in [2.05, 4.69) is 27.7 Å². The van der Waals surface area contributed by atoms with Crippen LogP contribution in [0.5, 0.6) is 0 Å². The first-order valence-electron chi connectivity index (χ1n) is 14.6. The van der Waals surface area contributed by atoms with E-state index < -0.39 is 17.5 Å². The van der Waals surface area contributed by atoms with Crippen LogP contribution in [0.1, 0.15) is 96.6 Å². The topological polar surface area (TPSA) is 72.3 Å². The molecule has 0 saturated carbocycles. The van der Waals surface area contributed by atoms with E-state index in [4.69, 9.17) is 14.7 Å². The van der Waals surface area contributed by atoms with Gasteiger partial charge >= 0.3 is 5.97 Å². The van der Waals surface area contributed by atoms with Crippen molar-refractivity contribution in [1.29, 1.82) is 0 Å². The van der Waals surface area contributed by atoms with Crippen molar-refractivity contribution in [2.45, 2.75) is 104 Å². The van der Waals surface area contributed by atoms with E-state index >= 15 is 0 Å². The summed E-state index contributed by atoms with van der Waals surface area (Å²) >= 11 is 0. The zero-order chi connectivity index (χ0) is 27.4. The van der Waals surface area contributed by atoms with E-state index in [1.54, 1.807) is 12.2 Å². The lowest BCUT2D eigenvalue weighted by Crippen LogP contribution is -2.33. The van der Waals surface area contributed by atoms with Crippen LogP contribution in [-0.2, 0) is 21.6 Å². The number of nitrogens with zero attached hydrogens (tertiary/aromatic N) is 2. The average molecular weight is 519 g/mol. The van der Waals surface area contributed by atoms with Crippen molar-refractivity contribution >= 4 is 5.97 Å². The number of rotatable bonds is 16. The van der Waals surface area contributed by atoms with Crippen molar-refractivity contribution in [2.75, 3.05) is 0 Å². The first-order chi connectivity index (χ1) is 18.4. The van der Waals surface area contributed by atoms with Gasteiger partial charge in [-0.25, -0.2) is 9.97 Å². The minimum atomic E-state index is -0.870. The molecule has 1 aliphatic rings. The third-order valence-corrected chi connectivity index (χ3v) is 7.65. The van der Waals surface area contributed by atoms with Gasteiger partial charge in [0.25, 0.3) is 0 Å². The number of ether oxygens (including phenoxy) is 1. The summed E-state index contributed by atoms with van der Waals surface area (Å²) in [5, 5.41) is 9.54. The van der Waals surface area contributed by atoms with Gasteiger partial charge in [-0.3, -0.25) is 4.79 Å². The lowest BCUT2D eigenvalue weighted by atomic mass is 9.83. The van der Waals surface area contributed by atoms with Gasteiger partial charge in [-0.05, 0) is 49.8 Å². The second-order valence-corrected chi connectivity index (χ2v) is 10.9. The molecule has 2 atom stereocenters. The fourth-order valence-corrected chi connectivity index (χ4v) is 5.02. The Morgan fingerprint density at radius 2 is 1.66 bits per heavy atom. The quantitative estimate of drug-likeness (QED) is 0.179. The molecule has 1 aliphatic carbocycles. The third-order valence-electron chi connectivity index (χ3n) is 7.65. The number of aromatic nitrogens is 2. The van der Waals surface area contributed by atoms with Crippen LogP contribution in [0, 0.1) is 11.8 Å². The van der Waals surface area contributed by atoms with Crippen molar-refractivity contribution in [3.63, 3.8) is 0 Å². The smallest absolute Gasteiger partial charge is 0.314 e. The van der Waals surface area contributed by atoms with E-state index in [-0.39, 0.29) is 6.10 Å². The highest BCUT2D eigenvalue weighted by Gasteiger charge is 2.35. The largest absolute Gasteiger partial charge is 0.481 e. The van der Waals surface area contributed by atoms with Gasteiger partial charge in [-0.15, -0.1) is 0 Å². The van der Waals surface area contributed by atoms with E-state index in [1.165, 1.54) is 38.5 Å². The molecule has 0 bridgehead atoms. The summed E-state index contributed by atoms with van der Waals surface area (Å²) in [7, 11) is 0. The SMILES string of the molecule is CCCCCC[C@@H](C)OC1(c2ccccc2-c2ncc(CCCC[C@@H](C)CC)cn2)C=CC(C(=O)O)C=C1. The summed E-state index contributed by atoms with van der Waals surface area (Å²) in [6.07, 6.45) is 22.7. The summed E-state index contributed by atoms with van der Waals surface area (Å²) in [4.78, 5) is 21.1. The number of carboxylic acid groups (broad SMARTS) is 1. The molecular formula is C33H46N2O3. The molecule has 3 rings (SSSR count). The van der Waals surface area contributed by atoms with Gasteiger partial charge in [0.15, 0.2) is 5.82 Å². The van der Waals surface area contributed by atoms with Crippen molar-refractivity contribution in [3.8, 4) is 11.4 Å². The van der Waals surface area contributed by atoms with Gasteiger partial charge in [0.1, 0.15) is 5.60 Å². The molecule has 5 nitrogen and oxygen atoms in total. The van der Waals surface area contributed by atoms with Crippen LogP contribution < -0.4 is 0 Å². The van der Waals surface area contributed by atoms with Crippen LogP contribution in [-0.4, -0.2) is 27.1 Å². The number of hydrogen-bond acceptors (Lipinski definition) is 4. The number of carboxylic acids is 1. The fourth-order valence-electron chi connectivity index (χ4n) is 5.02. The van der Waals surface area contributed by atoms with Gasteiger partial charge in [0, 0.05) is 23.5 Å². The Labute approximate surface area is 229 Å². The van der Waals surface area contributed by atoms with Crippen LogP contribution in [0.4, 0.5) is 0 Å². The molecule has 1 heterocycles. The summed E-state index contributed by atoms with van der Waals surface area (Å²) in [6, 6.07) is 8.05. The van der Waals surface area contributed by atoms with Crippen molar-refractivity contribution in [2.24, 2.45) is 11.8 Å². The second-order valence-electron chi connectivity index (χ2n) is 10.9. The van der Waals surface area contributed by atoms with Crippen molar-refractivity contribution < 1.29 is 14.6 Å². The molecule has 0 spiro atoms. The Morgan fingerprint density at radius 1 is 0.974 bits per heavy atom. The van der Waals surface area contributed by atoms with Gasteiger partial charge in [0.05, 0.1) is 12.0 Å². The summed E-state index contributed by atoms with van der Waals surface area (Å²) in [5.41, 5.74) is 2.11. The second kappa shape index (κ2) is 15.0. The zero-order valence-corrected chi connectivity index (χ0v) is 23.7. The van der Waals surface area contributed by atoms with Gasteiger partial charge in [-0.1, -0.05) is 102 Å². The van der Waals surface area contributed by atoms with Gasteiger partial charge in [0.2, 0.25) is 0 Å². The molecule has 5 heteroatoms. The average Bonchev–Trinajstić information content (AvgIpc) is 2.94. The van der Waals surface area contributed by atoms with Crippen LogP contribution in [0.3, 0.4) is 0 Å². The first kappa shape index (κ1) is 29.8. The lowest BCUT2D eigenvalue weighted by Gasteiger charge is -2.35. The lowest BCUT2D eigenvalue weighted by molar-refractivity contribution is -0.138. The Hall–Kier alpha value is -2.79. The molecule has 0 aliphatic heterocycles. The highest BCUT2D eigenvalue weighted by Crippen LogP contribution is 2.40. The summed E-state index contributed by atoms with van der Waals surface area (Å²) in [6.45, 7) is 8.89. The Bertz CT molecular complexity index is 1050. The number of aliphatic carboxylic acids is 1. The molecule has 0 unspecified atom stereocenters. The van der Waals surface area contributed by atoms with Crippen LogP contribution >= 0.6 is 0 Å².